The van der Waals surface area contributed by atoms with E-state index in [0.717, 1.165) is 0 Å². The van der Waals surface area contributed by atoms with Crippen LogP contribution >= 0.6 is 11.3 Å². The third kappa shape index (κ3) is 3.52. The summed E-state index contributed by atoms with van der Waals surface area (Å²) in [6.07, 6.45) is 0. The molecule has 6 nitrogen and oxygen atoms in total. The van der Waals surface area contributed by atoms with Gasteiger partial charge in [-0.25, -0.2) is 4.98 Å². The summed E-state index contributed by atoms with van der Waals surface area (Å²) in [5.41, 5.74) is 7.07. The molecule has 2 aromatic rings. The summed E-state index contributed by atoms with van der Waals surface area (Å²) in [6, 6.07) is 6.79. The van der Waals surface area contributed by atoms with E-state index >= 15 is 0 Å². The van der Waals surface area contributed by atoms with Crippen LogP contribution in [0.15, 0.2) is 29.6 Å². The molecule has 0 radical (unpaired) electrons. The quantitative estimate of drug-likeness (QED) is 0.746. The van der Waals surface area contributed by atoms with E-state index in [-0.39, 0.29) is 17.5 Å². The zero-order valence-electron chi connectivity index (χ0n) is 10.1. The summed E-state index contributed by atoms with van der Waals surface area (Å²) >= 11 is 1.20. The first-order chi connectivity index (χ1) is 9.04. The average Bonchev–Trinajstić information content (AvgIpc) is 2.80. The molecule has 0 saturated heterocycles. The first-order valence-electron chi connectivity index (χ1n) is 5.44. The van der Waals surface area contributed by atoms with Gasteiger partial charge in [-0.3, -0.25) is 9.59 Å². The molecule has 0 fully saturated rings. The van der Waals surface area contributed by atoms with Crippen LogP contribution in [0.25, 0.3) is 0 Å². The number of hydrogen-bond acceptors (Lipinski definition) is 5. The van der Waals surface area contributed by atoms with E-state index in [9.17, 15) is 9.59 Å². The van der Waals surface area contributed by atoms with Gasteiger partial charge in [0, 0.05) is 23.7 Å². The van der Waals surface area contributed by atoms with Crippen molar-refractivity contribution in [3.05, 3.63) is 35.3 Å². The number of aromatic nitrogens is 1. The number of carbonyl (C=O) groups is 2. The summed E-state index contributed by atoms with van der Waals surface area (Å²) < 4.78 is 0. The molecule has 0 atom stereocenters. The number of thiazole rings is 1. The molecule has 1 aromatic carbocycles. The third-order valence-electron chi connectivity index (χ3n) is 2.19. The fourth-order valence-electron chi connectivity index (χ4n) is 1.35. The monoisotopic (exact) mass is 276 g/mol. The molecule has 0 aliphatic heterocycles. The van der Waals surface area contributed by atoms with Gasteiger partial charge in [-0.2, -0.15) is 0 Å². The Kier molecular flexibility index (Phi) is 3.76. The number of nitrogens with one attached hydrogen (secondary N) is 2. The zero-order chi connectivity index (χ0) is 13.8. The Morgan fingerprint density at radius 3 is 2.53 bits per heavy atom. The molecule has 0 bridgehead atoms. The SMILES string of the molecule is CC(=O)Nc1nc(C(=O)Nc2ccc(N)cc2)cs1. The van der Waals surface area contributed by atoms with Gasteiger partial charge in [-0.1, -0.05) is 0 Å². The van der Waals surface area contributed by atoms with Crippen LogP contribution in [0, 0.1) is 0 Å². The first-order valence-corrected chi connectivity index (χ1v) is 6.32. The minimum absolute atomic E-state index is 0.222. The van der Waals surface area contributed by atoms with Crippen molar-refractivity contribution in [3.63, 3.8) is 0 Å². The van der Waals surface area contributed by atoms with Crippen molar-refractivity contribution in [1.29, 1.82) is 0 Å². The molecule has 2 rings (SSSR count). The lowest BCUT2D eigenvalue weighted by Crippen LogP contribution is -2.13. The number of nitrogen functional groups attached to an aromatic ring is 1. The minimum atomic E-state index is -0.336. The largest absolute Gasteiger partial charge is 0.399 e. The number of benzene rings is 1. The fourth-order valence-corrected chi connectivity index (χ4v) is 2.08. The van der Waals surface area contributed by atoms with Crippen LogP contribution in [0.3, 0.4) is 0 Å². The van der Waals surface area contributed by atoms with Crippen molar-refractivity contribution in [2.24, 2.45) is 0 Å². The Bertz CT molecular complexity index is 606. The number of carbonyl (C=O) groups excluding carboxylic acids is 2. The molecule has 98 valence electrons. The second-order valence-corrected chi connectivity index (χ2v) is 4.65. The molecule has 19 heavy (non-hydrogen) atoms. The smallest absolute Gasteiger partial charge is 0.275 e. The van der Waals surface area contributed by atoms with Crippen LogP contribution in [-0.4, -0.2) is 16.8 Å². The molecule has 4 N–H and O–H groups in total. The van der Waals surface area contributed by atoms with Crippen molar-refractivity contribution in [2.45, 2.75) is 6.92 Å². The molecule has 1 aromatic heterocycles. The number of rotatable bonds is 3. The van der Waals surface area contributed by atoms with Crippen LogP contribution in [0.2, 0.25) is 0 Å². The minimum Gasteiger partial charge on any atom is -0.399 e. The van der Waals surface area contributed by atoms with Crippen LogP contribution in [0.1, 0.15) is 17.4 Å². The highest BCUT2D eigenvalue weighted by Gasteiger charge is 2.11. The summed E-state index contributed by atoms with van der Waals surface area (Å²) in [5.74, 6) is -0.558. The highest BCUT2D eigenvalue weighted by Crippen LogP contribution is 2.17. The molecule has 2 amide bonds. The van der Waals surface area contributed by atoms with Gasteiger partial charge in [0.25, 0.3) is 5.91 Å². The molecular formula is C12H12N4O2S. The van der Waals surface area contributed by atoms with E-state index in [1.165, 1.54) is 18.3 Å². The maximum atomic E-state index is 11.9. The summed E-state index contributed by atoms with van der Waals surface area (Å²) in [7, 11) is 0. The van der Waals surface area contributed by atoms with E-state index in [1.54, 1.807) is 29.6 Å². The third-order valence-corrected chi connectivity index (χ3v) is 2.95. The Balaban J connectivity index is 2.05. The van der Waals surface area contributed by atoms with Crippen molar-refractivity contribution in [3.8, 4) is 0 Å². The van der Waals surface area contributed by atoms with Crippen LogP contribution < -0.4 is 16.4 Å². The summed E-state index contributed by atoms with van der Waals surface area (Å²) in [4.78, 5) is 26.8. The van der Waals surface area contributed by atoms with E-state index in [4.69, 9.17) is 5.73 Å². The molecule has 0 unspecified atom stereocenters. The number of amides is 2. The van der Waals surface area contributed by atoms with Gasteiger partial charge in [0.2, 0.25) is 5.91 Å². The summed E-state index contributed by atoms with van der Waals surface area (Å²) in [6.45, 7) is 1.38. The van der Waals surface area contributed by atoms with Gasteiger partial charge in [-0.15, -0.1) is 11.3 Å². The van der Waals surface area contributed by atoms with Crippen molar-refractivity contribution < 1.29 is 9.59 Å². The van der Waals surface area contributed by atoms with Crippen LogP contribution in [0.4, 0.5) is 16.5 Å². The Morgan fingerprint density at radius 2 is 1.89 bits per heavy atom. The normalized spacial score (nSPS) is 9.95. The van der Waals surface area contributed by atoms with E-state index in [1.807, 2.05) is 0 Å². The fraction of sp³-hybridized carbons (Fsp3) is 0.0833. The predicted octanol–water partition coefficient (Wildman–Crippen LogP) is 1.94. The van der Waals surface area contributed by atoms with Gasteiger partial charge in [0.1, 0.15) is 5.69 Å². The number of hydrogen-bond donors (Lipinski definition) is 3. The summed E-state index contributed by atoms with van der Waals surface area (Å²) in [5, 5.41) is 7.19. The molecule has 1 heterocycles. The zero-order valence-corrected chi connectivity index (χ0v) is 11.0. The van der Waals surface area contributed by atoms with Gasteiger partial charge in [0.15, 0.2) is 5.13 Å². The maximum Gasteiger partial charge on any atom is 0.275 e. The molecule has 0 aliphatic rings. The number of nitrogens with zero attached hydrogens (tertiary/aromatic N) is 1. The van der Waals surface area contributed by atoms with Crippen molar-refractivity contribution in [2.75, 3.05) is 16.4 Å². The first kappa shape index (κ1) is 13.0. The average molecular weight is 276 g/mol. The van der Waals surface area contributed by atoms with E-state index < -0.39 is 0 Å². The molecule has 0 saturated carbocycles. The Hall–Kier alpha value is -2.41. The van der Waals surface area contributed by atoms with Gasteiger partial charge in [0.05, 0.1) is 0 Å². The van der Waals surface area contributed by atoms with E-state index in [2.05, 4.69) is 15.6 Å². The highest BCUT2D eigenvalue weighted by molar-refractivity contribution is 7.14. The van der Waals surface area contributed by atoms with Crippen LogP contribution in [0.5, 0.6) is 0 Å². The van der Waals surface area contributed by atoms with Gasteiger partial charge < -0.3 is 16.4 Å². The second kappa shape index (κ2) is 5.49. The maximum absolute atomic E-state index is 11.9. The van der Waals surface area contributed by atoms with E-state index in [0.29, 0.717) is 16.5 Å². The van der Waals surface area contributed by atoms with Gasteiger partial charge in [-0.05, 0) is 24.3 Å². The van der Waals surface area contributed by atoms with Crippen LogP contribution in [-0.2, 0) is 4.79 Å². The second-order valence-electron chi connectivity index (χ2n) is 3.80. The molecule has 7 heteroatoms. The number of nitrogens with two attached hydrogens (primary N) is 1. The topological polar surface area (TPSA) is 97.1 Å². The van der Waals surface area contributed by atoms with Gasteiger partial charge >= 0.3 is 0 Å². The lowest BCUT2D eigenvalue weighted by atomic mass is 10.3. The lowest BCUT2D eigenvalue weighted by Gasteiger charge is -2.03. The molecule has 0 aliphatic carbocycles. The molecule has 0 spiro atoms. The Labute approximate surface area is 113 Å². The number of anilines is 3. The highest BCUT2D eigenvalue weighted by atomic mass is 32.1. The Morgan fingerprint density at radius 1 is 1.21 bits per heavy atom. The lowest BCUT2D eigenvalue weighted by molar-refractivity contribution is -0.114. The van der Waals surface area contributed by atoms with Crippen molar-refractivity contribution >= 4 is 39.7 Å². The standard InChI is InChI=1S/C12H12N4O2S/c1-7(17)14-12-16-10(6-19-12)11(18)15-9-4-2-8(13)3-5-9/h2-6H,13H2,1H3,(H,15,18)(H,14,16,17). The predicted molar refractivity (Wildman–Crippen MR) is 75.2 cm³/mol. The van der Waals surface area contributed by atoms with Crippen molar-refractivity contribution in [1.82, 2.24) is 4.98 Å². The molecular weight excluding hydrogens is 264 g/mol.